The minimum absolute atomic E-state index is 0.0835. The van der Waals surface area contributed by atoms with Gasteiger partial charge in [-0.15, -0.1) is 11.8 Å². The lowest BCUT2D eigenvalue weighted by molar-refractivity contribution is -0.113. The average molecular weight is 312 g/mol. The number of para-hydroxylation sites is 1. The van der Waals surface area contributed by atoms with Crippen molar-refractivity contribution in [2.24, 2.45) is 0 Å². The summed E-state index contributed by atoms with van der Waals surface area (Å²) < 4.78 is 5.55. The first kappa shape index (κ1) is 15.9. The predicted molar refractivity (Wildman–Crippen MR) is 89.0 cm³/mol. The van der Waals surface area contributed by atoms with Gasteiger partial charge in [-0.2, -0.15) is 5.26 Å². The van der Waals surface area contributed by atoms with E-state index in [-0.39, 0.29) is 5.91 Å². The molecule has 2 rings (SSSR count). The van der Waals surface area contributed by atoms with Crippen LogP contribution < -0.4 is 10.1 Å². The van der Waals surface area contributed by atoms with Crippen molar-refractivity contribution in [1.29, 1.82) is 5.26 Å². The van der Waals surface area contributed by atoms with E-state index in [2.05, 4.69) is 5.32 Å². The van der Waals surface area contributed by atoms with Gasteiger partial charge in [0.25, 0.3) is 0 Å². The Bertz CT molecular complexity index is 653. The summed E-state index contributed by atoms with van der Waals surface area (Å²) in [6, 6.07) is 18.5. The van der Waals surface area contributed by atoms with Gasteiger partial charge < -0.3 is 10.1 Å². The van der Waals surface area contributed by atoms with E-state index in [1.54, 1.807) is 24.3 Å². The van der Waals surface area contributed by atoms with Gasteiger partial charge in [0.1, 0.15) is 5.75 Å². The van der Waals surface area contributed by atoms with Gasteiger partial charge >= 0.3 is 0 Å². The minimum Gasteiger partial charge on any atom is -0.493 e. The van der Waals surface area contributed by atoms with E-state index in [0.29, 0.717) is 23.6 Å². The van der Waals surface area contributed by atoms with Gasteiger partial charge in [0, 0.05) is 11.4 Å². The summed E-state index contributed by atoms with van der Waals surface area (Å²) in [4.78, 5) is 11.8. The molecule has 0 saturated heterocycles. The number of nitriles is 1. The van der Waals surface area contributed by atoms with Gasteiger partial charge in [-0.1, -0.05) is 24.3 Å². The zero-order valence-corrected chi connectivity index (χ0v) is 12.8. The molecule has 0 aliphatic rings. The number of carbonyl (C=O) groups is 1. The fraction of sp³-hybridized carbons (Fsp3) is 0.176. The average Bonchev–Trinajstić information content (AvgIpc) is 2.55. The van der Waals surface area contributed by atoms with Gasteiger partial charge in [-0.05, 0) is 30.3 Å². The molecule has 0 atom stereocenters. The van der Waals surface area contributed by atoms with E-state index < -0.39 is 0 Å². The maximum atomic E-state index is 11.8. The number of thioether (sulfide) groups is 1. The highest BCUT2D eigenvalue weighted by Gasteiger charge is 2.03. The Morgan fingerprint density at radius 2 is 2.00 bits per heavy atom. The van der Waals surface area contributed by atoms with Crippen molar-refractivity contribution >= 4 is 23.4 Å². The molecule has 0 aromatic heterocycles. The normalized spacial score (nSPS) is 9.77. The lowest BCUT2D eigenvalue weighted by Gasteiger charge is -2.07. The molecule has 1 N–H and O–H groups in total. The van der Waals surface area contributed by atoms with Crippen LogP contribution in [0.15, 0.2) is 54.6 Å². The molecule has 112 valence electrons. The number of anilines is 1. The van der Waals surface area contributed by atoms with E-state index in [9.17, 15) is 4.79 Å². The molecule has 1 amide bonds. The van der Waals surface area contributed by atoms with Crippen LogP contribution in [0.4, 0.5) is 5.69 Å². The topological polar surface area (TPSA) is 62.1 Å². The summed E-state index contributed by atoms with van der Waals surface area (Å²) in [5.41, 5.74) is 1.17. The Kier molecular flexibility index (Phi) is 6.34. The minimum atomic E-state index is -0.0835. The molecular weight excluding hydrogens is 296 g/mol. The number of rotatable bonds is 7. The lowest BCUT2D eigenvalue weighted by Crippen LogP contribution is -2.15. The highest BCUT2D eigenvalue weighted by molar-refractivity contribution is 7.99. The summed E-state index contributed by atoms with van der Waals surface area (Å²) in [6.45, 7) is 0.561. The largest absolute Gasteiger partial charge is 0.493 e. The zero-order chi connectivity index (χ0) is 15.6. The quantitative estimate of drug-likeness (QED) is 0.797. The number of nitrogens with zero attached hydrogens (tertiary/aromatic N) is 1. The van der Waals surface area contributed by atoms with Crippen LogP contribution in [-0.4, -0.2) is 24.0 Å². The Morgan fingerprint density at radius 3 is 2.77 bits per heavy atom. The summed E-state index contributed by atoms with van der Waals surface area (Å²) in [6.07, 6.45) is 0. The molecular formula is C17H16N2O2S. The second kappa shape index (κ2) is 8.75. The molecule has 4 nitrogen and oxygen atoms in total. The standard InChI is InChI=1S/C17H16N2O2S/c18-12-14-5-4-6-15(11-14)19-17(20)13-22-10-9-21-16-7-2-1-3-8-16/h1-8,11H,9-10,13H2,(H,19,20). The van der Waals surface area contributed by atoms with Crippen LogP contribution in [0, 0.1) is 11.3 Å². The van der Waals surface area contributed by atoms with Crippen LogP contribution in [0.2, 0.25) is 0 Å². The van der Waals surface area contributed by atoms with Crippen LogP contribution in [0.5, 0.6) is 5.75 Å². The molecule has 0 saturated carbocycles. The van der Waals surface area contributed by atoms with Gasteiger partial charge in [-0.3, -0.25) is 4.79 Å². The fourth-order valence-corrected chi connectivity index (χ4v) is 2.37. The predicted octanol–water partition coefficient (Wildman–Crippen LogP) is 3.31. The summed E-state index contributed by atoms with van der Waals surface area (Å²) in [5, 5.41) is 11.6. The number of hydrogen-bond donors (Lipinski definition) is 1. The van der Waals surface area contributed by atoms with Gasteiger partial charge in [0.15, 0.2) is 0 Å². The number of nitrogens with one attached hydrogen (secondary N) is 1. The van der Waals surface area contributed by atoms with Gasteiger partial charge in [0.05, 0.1) is 24.0 Å². The molecule has 5 heteroatoms. The van der Waals surface area contributed by atoms with E-state index >= 15 is 0 Å². The number of amides is 1. The zero-order valence-electron chi connectivity index (χ0n) is 12.0. The third-order valence-electron chi connectivity index (χ3n) is 2.75. The number of hydrogen-bond acceptors (Lipinski definition) is 4. The summed E-state index contributed by atoms with van der Waals surface area (Å²) in [7, 11) is 0. The molecule has 0 bridgehead atoms. The van der Waals surface area contributed by atoms with Crippen LogP contribution in [0.3, 0.4) is 0 Å². The first-order valence-electron chi connectivity index (χ1n) is 6.83. The molecule has 0 heterocycles. The Morgan fingerprint density at radius 1 is 1.18 bits per heavy atom. The molecule has 2 aromatic carbocycles. The van der Waals surface area contributed by atoms with Gasteiger partial charge in [-0.25, -0.2) is 0 Å². The molecule has 0 radical (unpaired) electrons. The SMILES string of the molecule is N#Cc1cccc(NC(=O)CSCCOc2ccccc2)c1. The van der Waals surface area contributed by atoms with E-state index in [4.69, 9.17) is 10.00 Å². The van der Waals surface area contributed by atoms with Crippen molar-refractivity contribution in [2.45, 2.75) is 0 Å². The van der Waals surface area contributed by atoms with Crippen molar-refractivity contribution in [3.63, 3.8) is 0 Å². The molecule has 0 unspecified atom stereocenters. The highest BCUT2D eigenvalue weighted by atomic mass is 32.2. The maximum absolute atomic E-state index is 11.8. The molecule has 0 aliphatic carbocycles. The van der Waals surface area contributed by atoms with Gasteiger partial charge in [0.2, 0.25) is 5.91 Å². The van der Waals surface area contributed by atoms with E-state index in [0.717, 1.165) is 11.5 Å². The lowest BCUT2D eigenvalue weighted by atomic mass is 10.2. The summed E-state index contributed by atoms with van der Waals surface area (Å²) >= 11 is 1.51. The summed E-state index contributed by atoms with van der Waals surface area (Å²) in [5.74, 6) is 1.84. The Balaban J connectivity index is 1.64. The third-order valence-corrected chi connectivity index (χ3v) is 3.67. The second-order valence-corrected chi connectivity index (χ2v) is 5.56. The number of ether oxygens (including phenoxy) is 1. The molecule has 0 spiro atoms. The fourth-order valence-electron chi connectivity index (χ4n) is 1.76. The van der Waals surface area contributed by atoms with Crippen LogP contribution in [0.25, 0.3) is 0 Å². The smallest absolute Gasteiger partial charge is 0.234 e. The second-order valence-electron chi connectivity index (χ2n) is 4.45. The highest BCUT2D eigenvalue weighted by Crippen LogP contribution is 2.12. The Labute approximate surface area is 134 Å². The molecule has 0 aliphatic heterocycles. The first-order chi connectivity index (χ1) is 10.8. The van der Waals surface area contributed by atoms with Crippen molar-refractivity contribution < 1.29 is 9.53 Å². The van der Waals surface area contributed by atoms with Crippen molar-refractivity contribution in [1.82, 2.24) is 0 Å². The first-order valence-corrected chi connectivity index (χ1v) is 7.99. The van der Waals surface area contributed by atoms with Crippen molar-refractivity contribution in [3.8, 4) is 11.8 Å². The molecule has 22 heavy (non-hydrogen) atoms. The number of benzene rings is 2. The van der Waals surface area contributed by atoms with Crippen LogP contribution >= 0.6 is 11.8 Å². The number of carbonyl (C=O) groups excluding carboxylic acids is 1. The van der Waals surface area contributed by atoms with Crippen molar-refractivity contribution in [2.75, 3.05) is 23.4 Å². The maximum Gasteiger partial charge on any atom is 0.234 e. The monoisotopic (exact) mass is 312 g/mol. The molecule has 2 aromatic rings. The van der Waals surface area contributed by atoms with Crippen molar-refractivity contribution in [3.05, 3.63) is 60.2 Å². The van der Waals surface area contributed by atoms with E-state index in [1.165, 1.54) is 11.8 Å². The van der Waals surface area contributed by atoms with Crippen LogP contribution in [-0.2, 0) is 4.79 Å². The van der Waals surface area contributed by atoms with Crippen LogP contribution in [0.1, 0.15) is 5.56 Å². The van der Waals surface area contributed by atoms with E-state index in [1.807, 2.05) is 36.4 Å². The molecule has 0 fully saturated rings. The third kappa shape index (κ3) is 5.51. The Hall–Kier alpha value is -2.45.